The number of aryl methyl sites for hydroxylation is 3. The number of aromatic nitrogens is 1. The fourth-order valence-corrected chi connectivity index (χ4v) is 5.63. The van der Waals surface area contributed by atoms with E-state index in [1.54, 1.807) is 18.2 Å². The molecule has 4 aromatic rings. The molecule has 1 aromatic heterocycles. The second kappa shape index (κ2) is 9.74. The summed E-state index contributed by atoms with van der Waals surface area (Å²) in [6.45, 7) is 5.96. The van der Waals surface area contributed by atoms with Crippen molar-refractivity contribution >= 4 is 32.5 Å². The Morgan fingerprint density at radius 1 is 0.912 bits per heavy atom. The first kappa shape index (κ1) is 24.2. The predicted molar refractivity (Wildman–Crippen MR) is 138 cm³/mol. The van der Waals surface area contributed by atoms with Crippen molar-refractivity contribution in [3.8, 4) is 0 Å². The Kier molecular flexibility index (Phi) is 6.94. The monoisotopic (exact) mass is 494 g/mol. The van der Waals surface area contributed by atoms with Crippen molar-refractivity contribution in [3.05, 3.63) is 110 Å². The molecule has 0 bridgehead atoms. The van der Waals surface area contributed by atoms with Crippen molar-refractivity contribution in [3.63, 3.8) is 0 Å². The van der Waals surface area contributed by atoms with Crippen LogP contribution in [0.15, 0.2) is 76.4 Å². The molecule has 0 fully saturated rings. The molecule has 0 unspecified atom stereocenters. The van der Waals surface area contributed by atoms with E-state index in [2.05, 4.69) is 4.98 Å². The minimum atomic E-state index is -3.90. The molecule has 1 N–H and O–H groups in total. The zero-order valence-electron chi connectivity index (χ0n) is 19.4. The molecular weight excluding hydrogens is 468 g/mol. The van der Waals surface area contributed by atoms with Crippen LogP contribution in [-0.2, 0) is 23.0 Å². The summed E-state index contributed by atoms with van der Waals surface area (Å²) in [5.41, 5.74) is 4.78. The molecule has 7 heteroatoms. The molecule has 4 rings (SSSR count). The molecule has 34 heavy (non-hydrogen) atoms. The number of hydrogen-bond donors (Lipinski definition) is 1. The van der Waals surface area contributed by atoms with Gasteiger partial charge in [0, 0.05) is 23.7 Å². The standard InChI is InChI=1S/C27H27ClN2O3S/c1-18-9-11-22-15-23(27(31)29-26(22)20(18)3)17-30(14-13-21-7-5-4-6-8-21)34(32,33)24-12-10-19(2)25(28)16-24/h4-12,15-16H,13-14,17H2,1-3H3,(H,29,31). The molecule has 0 atom stereocenters. The molecule has 5 nitrogen and oxygen atoms in total. The number of halogens is 1. The summed E-state index contributed by atoms with van der Waals surface area (Å²) >= 11 is 6.24. The molecule has 3 aromatic carbocycles. The Bertz CT molecular complexity index is 1510. The number of rotatable bonds is 7. The molecule has 0 spiro atoms. The summed E-state index contributed by atoms with van der Waals surface area (Å²) in [5, 5.41) is 1.26. The molecule has 0 saturated heterocycles. The number of benzene rings is 3. The summed E-state index contributed by atoms with van der Waals surface area (Å²) < 4.78 is 28.7. The van der Waals surface area contributed by atoms with E-state index in [-0.39, 0.29) is 23.5 Å². The van der Waals surface area contributed by atoms with Gasteiger partial charge in [-0.05, 0) is 73.0 Å². The summed E-state index contributed by atoms with van der Waals surface area (Å²) in [6, 6.07) is 20.1. The lowest BCUT2D eigenvalue weighted by molar-refractivity contribution is 0.408. The van der Waals surface area contributed by atoms with E-state index in [9.17, 15) is 13.2 Å². The minimum absolute atomic E-state index is 0.0428. The largest absolute Gasteiger partial charge is 0.321 e. The fraction of sp³-hybridized carbons (Fsp3) is 0.222. The molecule has 1 heterocycles. The molecule has 0 aliphatic rings. The van der Waals surface area contributed by atoms with Crippen LogP contribution in [0.3, 0.4) is 0 Å². The van der Waals surface area contributed by atoms with E-state index in [1.807, 2.05) is 63.2 Å². The van der Waals surface area contributed by atoms with Crippen molar-refractivity contribution in [1.29, 1.82) is 0 Å². The Balaban J connectivity index is 1.75. The van der Waals surface area contributed by atoms with Gasteiger partial charge in [0.05, 0.1) is 10.4 Å². The predicted octanol–water partition coefficient (Wildman–Crippen LogP) is 5.54. The van der Waals surface area contributed by atoms with E-state index in [0.29, 0.717) is 17.0 Å². The maximum atomic E-state index is 13.7. The van der Waals surface area contributed by atoms with Gasteiger partial charge in [-0.1, -0.05) is 60.1 Å². The normalized spacial score (nSPS) is 11.9. The SMILES string of the molecule is Cc1ccc(S(=O)(=O)N(CCc2ccccc2)Cc2cc3ccc(C)c(C)c3[nH]c2=O)cc1Cl. The molecule has 0 aliphatic heterocycles. The Hall–Kier alpha value is -2.93. The number of H-pyrrole nitrogens is 1. The molecule has 0 saturated carbocycles. The minimum Gasteiger partial charge on any atom is -0.321 e. The van der Waals surface area contributed by atoms with Crippen LogP contribution < -0.4 is 5.56 Å². The first-order chi connectivity index (χ1) is 16.2. The number of pyridine rings is 1. The average molecular weight is 495 g/mol. The van der Waals surface area contributed by atoms with Crippen molar-refractivity contribution in [2.75, 3.05) is 6.54 Å². The van der Waals surface area contributed by atoms with Gasteiger partial charge in [0.15, 0.2) is 0 Å². The Labute approximate surface area is 205 Å². The molecular formula is C27H27ClN2O3S. The lowest BCUT2D eigenvalue weighted by Gasteiger charge is -2.23. The Morgan fingerprint density at radius 2 is 1.62 bits per heavy atom. The van der Waals surface area contributed by atoms with Crippen molar-refractivity contribution < 1.29 is 8.42 Å². The van der Waals surface area contributed by atoms with Gasteiger partial charge in [-0.25, -0.2) is 8.42 Å². The third kappa shape index (κ3) is 4.94. The third-order valence-corrected chi connectivity index (χ3v) is 8.50. The summed E-state index contributed by atoms with van der Waals surface area (Å²) in [4.78, 5) is 16.0. The van der Waals surface area contributed by atoms with Gasteiger partial charge >= 0.3 is 0 Å². The van der Waals surface area contributed by atoms with Gasteiger partial charge in [-0.2, -0.15) is 4.31 Å². The van der Waals surface area contributed by atoms with E-state index in [1.165, 1.54) is 10.4 Å². The quantitative estimate of drug-likeness (QED) is 0.366. The second-order valence-corrected chi connectivity index (χ2v) is 10.9. The van der Waals surface area contributed by atoms with E-state index in [0.717, 1.165) is 33.2 Å². The van der Waals surface area contributed by atoms with Crippen LogP contribution in [0.4, 0.5) is 0 Å². The van der Waals surface area contributed by atoms with Crippen LogP contribution in [0, 0.1) is 20.8 Å². The van der Waals surface area contributed by atoms with E-state index in [4.69, 9.17) is 11.6 Å². The summed E-state index contributed by atoms with van der Waals surface area (Å²) in [6.07, 6.45) is 0.517. The van der Waals surface area contributed by atoms with Gasteiger partial charge in [-0.3, -0.25) is 4.79 Å². The van der Waals surface area contributed by atoms with Crippen LogP contribution in [0.25, 0.3) is 10.9 Å². The van der Waals surface area contributed by atoms with Gasteiger partial charge in [0.25, 0.3) is 5.56 Å². The number of sulfonamides is 1. The number of nitrogens with one attached hydrogen (secondary N) is 1. The van der Waals surface area contributed by atoms with E-state index < -0.39 is 10.0 Å². The zero-order valence-corrected chi connectivity index (χ0v) is 21.0. The van der Waals surface area contributed by atoms with E-state index >= 15 is 0 Å². The van der Waals surface area contributed by atoms with Gasteiger partial charge in [0.1, 0.15) is 0 Å². The summed E-state index contributed by atoms with van der Waals surface area (Å²) in [7, 11) is -3.90. The lowest BCUT2D eigenvalue weighted by Crippen LogP contribution is -2.34. The molecule has 0 aliphatic carbocycles. The zero-order chi connectivity index (χ0) is 24.5. The first-order valence-electron chi connectivity index (χ1n) is 11.1. The molecule has 176 valence electrons. The Morgan fingerprint density at radius 3 is 2.32 bits per heavy atom. The highest BCUT2D eigenvalue weighted by atomic mass is 35.5. The highest BCUT2D eigenvalue weighted by molar-refractivity contribution is 7.89. The second-order valence-electron chi connectivity index (χ2n) is 8.58. The van der Waals surface area contributed by atoms with Crippen LogP contribution in [-0.4, -0.2) is 24.3 Å². The first-order valence-corrected chi connectivity index (χ1v) is 12.9. The van der Waals surface area contributed by atoms with Crippen LogP contribution in [0.1, 0.15) is 27.8 Å². The van der Waals surface area contributed by atoms with Crippen molar-refractivity contribution in [1.82, 2.24) is 9.29 Å². The maximum Gasteiger partial charge on any atom is 0.252 e. The van der Waals surface area contributed by atoms with Crippen LogP contribution in [0.5, 0.6) is 0 Å². The highest BCUT2D eigenvalue weighted by Gasteiger charge is 2.26. The van der Waals surface area contributed by atoms with Crippen LogP contribution in [0.2, 0.25) is 5.02 Å². The summed E-state index contributed by atoms with van der Waals surface area (Å²) in [5.74, 6) is 0. The topological polar surface area (TPSA) is 70.2 Å². The number of nitrogens with zero attached hydrogens (tertiary/aromatic N) is 1. The van der Waals surface area contributed by atoms with Gasteiger partial charge < -0.3 is 4.98 Å². The molecule has 0 amide bonds. The molecule has 0 radical (unpaired) electrons. The maximum absolute atomic E-state index is 13.7. The van der Waals surface area contributed by atoms with Crippen LogP contribution >= 0.6 is 11.6 Å². The van der Waals surface area contributed by atoms with Crippen molar-refractivity contribution in [2.24, 2.45) is 0 Å². The number of hydrogen-bond acceptors (Lipinski definition) is 3. The van der Waals surface area contributed by atoms with Gasteiger partial charge in [0.2, 0.25) is 10.0 Å². The van der Waals surface area contributed by atoms with Crippen molar-refractivity contribution in [2.45, 2.75) is 38.6 Å². The smallest absolute Gasteiger partial charge is 0.252 e. The average Bonchev–Trinajstić information content (AvgIpc) is 2.82. The highest BCUT2D eigenvalue weighted by Crippen LogP contribution is 2.25. The van der Waals surface area contributed by atoms with Gasteiger partial charge in [-0.15, -0.1) is 0 Å². The lowest BCUT2D eigenvalue weighted by atomic mass is 10.0. The fourth-order valence-electron chi connectivity index (χ4n) is 3.94. The number of fused-ring (bicyclic) bond motifs is 1. The third-order valence-electron chi connectivity index (χ3n) is 6.25. The number of aromatic amines is 1.